The molecular formula is C16H23N5O. The van der Waals surface area contributed by atoms with Gasteiger partial charge in [-0.15, -0.1) is 0 Å². The molecule has 1 amide bonds. The highest BCUT2D eigenvalue weighted by Crippen LogP contribution is 2.21. The molecular weight excluding hydrogens is 278 g/mol. The third kappa shape index (κ3) is 3.37. The van der Waals surface area contributed by atoms with Gasteiger partial charge < -0.3 is 9.47 Å². The van der Waals surface area contributed by atoms with E-state index in [9.17, 15) is 4.79 Å². The lowest BCUT2D eigenvalue weighted by Crippen LogP contribution is -2.40. The monoisotopic (exact) mass is 301 g/mol. The summed E-state index contributed by atoms with van der Waals surface area (Å²) in [6, 6.07) is 2.26. The summed E-state index contributed by atoms with van der Waals surface area (Å²) in [5, 5.41) is 4.31. The van der Waals surface area contributed by atoms with Gasteiger partial charge in [0.05, 0.1) is 6.04 Å². The Bertz CT molecular complexity index is 604. The number of rotatable bonds is 5. The van der Waals surface area contributed by atoms with Crippen LogP contribution in [0.15, 0.2) is 30.9 Å². The number of carbonyl (C=O) groups is 1. The minimum Gasteiger partial charge on any atom is -0.341 e. The Morgan fingerprint density at radius 3 is 3.00 bits per heavy atom. The molecule has 0 spiro atoms. The average Bonchev–Trinajstić information content (AvgIpc) is 3.20. The number of amides is 1. The van der Waals surface area contributed by atoms with Crippen LogP contribution >= 0.6 is 0 Å². The molecule has 0 saturated carbocycles. The van der Waals surface area contributed by atoms with Gasteiger partial charge >= 0.3 is 0 Å². The first kappa shape index (κ1) is 14.8. The lowest BCUT2D eigenvalue weighted by Gasteiger charge is -2.33. The van der Waals surface area contributed by atoms with Crippen LogP contribution in [0.5, 0.6) is 0 Å². The molecule has 1 aliphatic rings. The number of hydrogen-bond acceptors (Lipinski definition) is 3. The van der Waals surface area contributed by atoms with E-state index in [0.717, 1.165) is 44.7 Å². The molecule has 1 atom stereocenters. The van der Waals surface area contributed by atoms with Gasteiger partial charge in [0.25, 0.3) is 0 Å². The van der Waals surface area contributed by atoms with Crippen molar-refractivity contribution in [2.45, 2.75) is 45.2 Å². The summed E-state index contributed by atoms with van der Waals surface area (Å²) in [6.45, 7) is 4.50. The van der Waals surface area contributed by atoms with Crippen molar-refractivity contribution in [2.75, 3.05) is 13.1 Å². The molecule has 3 rings (SSSR count). The molecule has 0 unspecified atom stereocenters. The van der Waals surface area contributed by atoms with E-state index >= 15 is 0 Å². The molecule has 0 N–H and O–H groups in total. The Kier molecular flexibility index (Phi) is 4.56. The minimum absolute atomic E-state index is 0.259. The van der Waals surface area contributed by atoms with Gasteiger partial charge in [0.1, 0.15) is 5.82 Å². The largest absolute Gasteiger partial charge is 0.341 e. The quantitative estimate of drug-likeness (QED) is 0.849. The number of aromatic nitrogens is 4. The summed E-state index contributed by atoms with van der Waals surface area (Å²) in [6.07, 6.45) is 11.2. The molecule has 118 valence electrons. The van der Waals surface area contributed by atoms with E-state index in [0.29, 0.717) is 12.5 Å². The van der Waals surface area contributed by atoms with Crippen LogP contribution in [0.3, 0.4) is 0 Å². The van der Waals surface area contributed by atoms with Crippen LogP contribution in [0, 0.1) is 6.92 Å². The second-order valence-corrected chi connectivity index (χ2v) is 5.89. The van der Waals surface area contributed by atoms with Crippen LogP contribution in [-0.4, -0.2) is 43.2 Å². The fraction of sp³-hybridized carbons (Fsp3) is 0.562. The van der Waals surface area contributed by atoms with Crippen molar-refractivity contribution in [1.29, 1.82) is 0 Å². The van der Waals surface area contributed by atoms with Gasteiger partial charge in [-0.2, -0.15) is 5.10 Å². The van der Waals surface area contributed by atoms with E-state index in [1.807, 2.05) is 35.0 Å². The Morgan fingerprint density at radius 2 is 2.27 bits per heavy atom. The molecule has 6 nitrogen and oxygen atoms in total. The molecule has 3 heterocycles. The molecule has 2 aromatic rings. The van der Waals surface area contributed by atoms with Gasteiger partial charge in [-0.3, -0.25) is 9.48 Å². The minimum atomic E-state index is 0.259. The van der Waals surface area contributed by atoms with Crippen molar-refractivity contribution in [2.24, 2.45) is 0 Å². The van der Waals surface area contributed by atoms with E-state index in [1.165, 1.54) is 0 Å². The SMILES string of the molecule is Cc1nccn1CCCC(=O)N1CCC[C@@H](n2cccn2)C1. The van der Waals surface area contributed by atoms with E-state index in [4.69, 9.17) is 0 Å². The molecule has 1 fully saturated rings. The third-order valence-corrected chi connectivity index (χ3v) is 4.36. The van der Waals surface area contributed by atoms with Crippen LogP contribution in [0.2, 0.25) is 0 Å². The Labute approximate surface area is 130 Å². The lowest BCUT2D eigenvalue weighted by molar-refractivity contribution is -0.133. The lowest BCUT2D eigenvalue weighted by atomic mass is 10.1. The number of likely N-dealkylation sites (tertiary alicyclic amines) is 1. The van der Waals surface area contributed by atoms with Gasteiger partial charge in [0, 0.05) is 50.8 Å². The summed E-state index contributed by atoms with van der Waals surface area (Å²) < 4.78 is 4.07. The Morgan fingerprint density at radius 1 is 1.36 bits per heavy atom. The highest BCUT2D eigenvalue weighted by Gasteiger charge is 2.24. The molecule has 2 aromatic heterocycles. The first-order chi connectivity index (χ1) is 10.7. The van der Waals surface area contributed by atoms with Crippen molar-refractivity contribution < 1.29 is 4.79 Å². The Balaban J connectivity index is 1.48. The highest BCUT2D eigenvalue weighted by molar-refractivity contribution is 5.76. The molecule has 1 aliphatic heterocycles. The molecule has 6 heteroatoms. The van der Waals surface area contributed by atoms with Crippen LogP contribution < -0.4 is 0 Å². The highest BCUT2D eigenvalue weighted by atomic mass is 16.2. The predicted molar refractivity (Wildman–Crippen MR) is 83.3 cm³/mol. The molecule has 1 saturated heterocycles. The maximum atomic E-state index is 12.4. The first-order valence-electron chi connectivity index (χ1n) is 7.98. The fourth-order valence-electron chi connectivity index (χ4n) is 3.09. The van der Waals surface area contributed by atoms with E-state index in [-0.39, 0.29) is 5.91 Å². The van der Waals surface area contributed by atoms with E-state index in [1.54, 1.807) is 12.4 Å². The predicted octanol–water partition coefficient (Wildman–Crippen LogP) is 2.03. The smallest absolute Gasteiger partial charge is 0.222 e. The number of hydrogen-bond donors (Lipinski definition) is 0. The van der Waals surface area contributed by atoms with Crippen LogP contribution in [0.4, 0.5) is 0 Å². The number of imidazole rings is 1. The maximum absolute atomic E-state index is 12.4. The summed E-state index contributed by atoms with van der Waals surface area (Å²) in [5.41, 5.74) is 0. The topological polar surface area (TPSA) is 56.0 Å². The van der Waals surface area contributed by atoms with Crippen molar-refractivity contribution in [1.82, 2.24) is 24.2 Å². The second kappa shape index (κ2) is 6.77. The Hall–Kier alpha value is -2.11. The van der Waals surface area contributed by atoms with E-state index < -0.39 is 0 Å². The zero-order valence-corrected chi connectivity index (χ0v) is 13.1. The van der Waals surface area contributed by atoms with Crippen molar-refractivity contribution in [3.05, 3.63) is 36.7 Å². The van der Waals surface area contributed by atoms with Crippen LogP contribution in [-0.2, 0) is 11.3 Å². The maximum Gasteiger partial charge on any atom is 0.222 e. The standard InChI is InChI=1S/C16H23N5O/c1-14-17-8-12-19(14)9-3-6-16(22)20-10-2-5-15(13-20)21-11-4-7-18-21/h4,7-8,11-12,15H,2-3,5-6,9-10,13H2,1H3/t15-/m1/s1. The van der Waals surface area contributed by atoms with E-state index in [2.05, 4.69) is 14.6 Å². The van der Waals surface area contributed by atoms with Gasteiger partial charge in [-0.1, -0.05) is 0 Å². The van der Waals surface area contributed by atoms with Crippen molar-refractivity contribution >= 4 is 5.91 Å². The van der Waals surface area contributed by atoms with Crippen LogP contribution in [0.25, 0.3) is 0 Å². The van der Waals surface area contributed by atoms with Gasteiger partial charge in [-0.25, -0.2) is 4.98 Å². The number of aryl methyl sites for hydroxylation is 2. The zero-order chi connectivity index (χ0) is 15.4. The third-order valence-electron chi connectivity index (χ3n) is 4.36. The summed E-state index contributed by atoms with van der Waals surface area (Å²) >= 11 is 0. The van der Waals surface area contributed by atoms with Crippen molar-refractivity contribution in [3.63, 3.8) is 0 Å². The van der Waals surface area contributed by atoms with Crippen LogP contribution in [0.1, 0.15) is 37.5 Å². The molecule has 0 bridgehead atoms. The average molecular weight is 301 g/mol. The number of nitrogens with zero attached hydrogens (tertiary/aromatic N) is 5. The summed E-state index contributed by atoms with van der Waals surface area (Å²) in [5.74, 6) is 1.26. The zero-order valence-electron chi connectivity index (χ0n) is 13.1. The first-order valence-corrected chi connectivity index (χ1v) is 7.98. The van der Waals surface area contributed by atoms with Crippen molar-refractivity contribution in [3.8, 4) is 0 Å². The summed E-state index contributed by atoms with van der Waals surface area (Å²) in [4.78, 5) is 18.6. The number of piperidine rings is 1. The second-order valence-electron chi connectivity index (χ2n) is 5.89. The van der Waals surface area contributed by atoms with Gasteiger partial charge in [-0.05, 0) is 32.3 Å². The molecule has 0 aromatic carbocycles. The fourth-order valence-corrected chi connectivity index (χ4v) is 3.09. The molecule has 0 radical (unpaired) electrons. The van der Waals surface area contributed by atoms with Gasteiger partial charge in [0.15, 0.2) is 0 Å². The molecule has 22 heavy (non-hydrogen) atoms. The normalized spacial score (nSPS) is 18.6. The molecule has 0 aliphatic carbocycles. The number of carbonyl (C=O) groups excluding carboxylic acids is 1. The summed E-state index contributed by atoms with van der Waals surface area (Å²) in [7, 11) is 0. The van der Waals surface area contributed by atoms with Gasteiger partial charge in [0.2, 0.25) is 5.91 Å².